The molecule has 0 amide bonds. The number of ether oxygens (including phenoxy) is 1. The molecule has 0 unspecified atom stereocenters. The van der Waals surface area contributed by atoms with E-state index in [0.29, 0.717) is 6.61 Å². The molecule has 0 radical (unpaired) electrons. The van der Waals surface area contributed by atoms with E-state index in [9.17, 15) is 0 Å². The molecule has 1 aliphatic rings. The van der Waals surface area contributed by atoms with Gasteiger partial charge in [-0.3, -0.25) is 0 Å². The Balaban J connectivity index is 1.63. The van der Waals surface area contributed by atoms with E-state index in [1.807, 2.05) is 6.07 Å². The van der Waals surface area contributed by atoms with Gasteiger partial charge in [0.05, 0.1) is 6.61 Å². The molecular weight excluding hydrogens is 290 g/mol. The highest BCUT2D eigenvalue weighted by Crippen LogP contribution is 2.20. The summed E-state index contributed by atoms with van der Waals surface area (Å²) in [6.45, 7) is 4.09. The molecule has 18 heavy (non-hydrogen) atoms. The van der Waals surface area contributed by atoms with E-state index in [1.54, 1.807) is 0 Å². The Labute approximate surface area is 118 Å². The van der Waals surface area contributed by atoms with Crippen LogP contribution < -0.4 is 0 Å². The smallest absolute Gasteiger partial charge is 0.0727 e. The van der Waals surface area contributed by atoms with Gasteiger partial charge in [0, 0.05) is 11.1 Å². The summed E-state index contributed by atoms with van der Waals surface area (Å²) < 4.78 is 6.93. The average molecular weight is 312 g/mol. The van der Waals surface area contributed by atoms with E-state index in [-0.39, 0.29) is 0 Å². The summed E-state index contributed by atoms with van der Waals surface area (Å²) in [5, 5.41) is 0. The number of likely N-dealkylation sites (tertiary alicyclic amines) is 1. The van der Waals surface area contributed by atoms with Gasteiger partial charge in [-0.25, -0.2) is 0 Å². The van der Waals surface area contributed by atoms with Crippen LogP contribution in [0.3, 0.4) is 0 Å². The molecule has 2 nitrogen and oxygen atoms in total. The van der Waals surface area contributed by atoms with Gasteiger partial charge in [0.15, 0.2) is 0 Å². The summed E-state index contributed by atoms with van der Waals surface area (Å²) in [5.74, 6) is 0.861. The van der Waals surface area contributed by atoms with Crippen LogP contribution in [-0.4, -0.2) is 31.6 Å². The van der Waals surface area contributed by atoms with Crippen LogP contribution in [0.2, 0.25) is 0 Å². The number of hydrogen-bond acceptors (Lipinski definition) is 2. The van der Waals surface area contributed by atoms with Crippen LogP contribution in [0.5, 0.6) is 0 Å². The summed E-state index contributed by atoms with van der Waals surface area (Å²) in [4.78, 5) is 2.42. The molecule has 1 aliphatic heterocycles. The summed E-state index contributed by atoms with van der Waals surface area (Å²) in [7, 11) is 2.21. The maximum Gasteiger partial charge on any atom is 0.0727 e. The topological polar surface area (TPSA) is 12.5 Å². The maximum absolute atomic E-state index is 5.79. The highest BCUT2D eigenvalue weighted by Gasteiger charge is 2.16. The Hall–Kier alpha value is -0.380. The molecule has 0 saturated carbocycles. The van der Waals surface area contributed by atoms with Crippen molar-refractivity contribution >= 4 is 15.9 Å². The summed E-state index contributed by atoms with van der Waals surface area (Å²) in [6.07, 6.45) is 3.86. The fourth-order valence-electron chi connectivity index (χ4n) is 2.40. The lowest BCUT2D eigenvalue weighted by atomic mass is 9.94. The predicted molar refractivity (Wildman–Crippen MR) is 78.6 cm³/mol. The molecule has 0 N–H and O–H groups in total. The molecule has 1 fully saturated rings. The second-order valence-electron chi connectivity index (χ2n) is 5.18. The molecule has 1 aromatic rings. The first-order valence-electron chi connectivity index (χ1n) is 6.75. The van der Waals surface area contributed by atoms with E-state index in [4.69, 9.17) is 4.74 Å². The second kappa shape index (κ2) is 7.27. The largest absolute Gasteiger partial charge is 0.377 e. The maximum atomic E-state index is 5.79. The number of halogens is 1. The van der Waals surface area contributed by atoms with Gasteiger partial charge >= 0.3 is 0 Å². The van der Waals surface area contributed by atoms with Crippen molar-refractivity contribution in [1.29, 1.82) is 0 Å². The highest BCUT2D eigenvalue weighted by molar-refractivity contribution is 9.10. The quantitative estimate of drug-likeness (QED) is 0.769. The monoisotopic (exact) mass is 311 g/mol. The van der Waals surface area contributed by atoms with Crippen LogP contribution in [0.4, 0.5) is 0 Å². The summed E-state index contributed by atoms with van der Waals surface area (Å²) in [6, 6.07) is 8.27. The van der Waals surface area contributed by atoms with Crippen LogP contribution in [-0.2, 0) is 11.3 Å². The van der Waals surface area contributed by atoms with Crippen LogP contribution >= 0.6 is 15.9 Å². The molecule has 0 spiro atoms. The SMILES string of the molecule is CN1CCC(CCOCc2ccccc2Br)CC1. The molecular formula is C15H22BrNO. The molecule has 1 saturated heterocycles. The minimum absolute atomic E-state index is 0.716. The zero-order valence-electron chi connectivity index (χ0n) is 11.1. The van der Waals surface area contributed by atoms with Gasteiger partial charge < -0.3 is 9.64 Å². The average Bonchev–Trinajstić information content (AvgIpc) is 2.39. The molecule has 2 rings (SSSR count). The zero-order chi connectivity index (χ0) is 12.8. The van der Waals surface area contributed by atoms with Gasteiger partial charge in [0.1, 0.15) is 0 Å². The molecule has 3 heteroatoms. The van der Waals surface area contributed by atoms with Gasteiger partial charge in [0.25, 0.3) is 0 Å². The number of rotatable bonds is 5. The van der Waals surface area contributed by atoms with Crippen molar-refractivity contribution in [1.82, 2.24) is 4.90 Å². The van der Waals surface area contributed by atoms with Gasteiger partial charge in [-0.15, -0.1) is 0 Å². The van der Waals surface area contributed by atoms with Crippen molar-refractivity contribution in [2.24, 2.45) is 5.92 Å². The first-order valence-corrected chi connectivity index (χ1v) is 7.54. The van der Waals surface area contributed by atoms with Crippen molar-refractivity contribution in [3.63, 3.8) is 0 Å². The van der Waals surface area contributed by atoms with Crippen molar-refractivity contribution in [3.05, 3.63) is 34.3 Å². The van der Waals surface area contributed by atoms with Gasteiger partial charge in [-0.2, -0.15) is 0 Å². The molecule has 0 aliphatic carbocycles. The Kier molecular flexibility index (Phi) is 5.67. The zero-order valence-corrected chi connectivity index (χ0v) is 12.7. The highest BCUT2D eigenvalue weighted by atomic mass is 79.9. The normalized spacial score (nSPS) is 18.1. The predicted octanol–water partition coefficient (Wildman–Crippen LogP) is 3.70. The minimum Gasteiger partial charge on any atom is -0.377 e. The van der Waals surface area contributed by atoms with Crippen molar-refractivity contribution in [2.45, 2.75) is 25.9 Å². The fraction of sp³-hybridized carbons (Fsp3) is 0.600. The summed E-state index contributed by atoms with van der Waals surface area (Å²) in [5.41, 5.74) is 1.24. The van der Waals surface area contributed by atoms with Gasteiger partial charge in [0.2, 0.25) is 0 Å². The van der Waals surface area contributed by atoms with E-state index in [1.165, 1.54) is 37.9 Å². The molecule has 0 bridgehead atoms. The van der Waals surface area contributed by atoms with Crippen molar-refractivity contribution in [2.75, 3.05) is 26.7 Å². The third kappa shape index (κ3) is 4.38. The van der Waals surface area contributed by atoms with E-state index in [0.717, 1.165) is 17.0 Å². The number of hydrogen-bond donors (Lipinski definition) is 0. The fourth-order valence-corrected chi connectivity index (χ4v) is 2.80. The van der Waals surface area contributed by atoms with Crippen LogP contribution in [0, 0.1) is 5.92 Å². The number of piperidine rings is 1. The number of benzene rings is 1. The van der Waals surface area contributed by atoms with Crippen LogP contribution in [0.1, 0.15) is 24.8 Å². The lowest BCUT2D eigenvalue weighted by Crippen LogP contribution is -2.30. The molecule has 0 aromatic heterocycles. The van der Waals surface area contributed by atoms with E-state index >= 15 is 0 Å². The lowest BCUT2D eigenvalue weighted by Gasteiger charge is -2.28. The van der Waals surface area contributed by atoms with Crippen molar-refractivity contribution < 1.29 is 4.74 Å². The lowest BCUT2D eigenvalue weighted by molar-refractivity contribution is 0.0945. The van der Waals surface area contributed by atoms with Crippen molar-refractivity contribution in [3.8, 4) is 0 Å². The second-order valence-corrected chi connectivity index (χ2v) is 6.03. The Morgan fingerprint density at radius 3 is 2.72 bits per heavy atom. The van der Waals surface area contributed by atoms with E-state index in [2.05, 4.69) is 46.1 Å². The Bertz CT molecular complexity index is 361. The van der Waals surface area contributed by atoms with Crippen LogP contribution in [0.25, 0.3) is 0 Å². The first-order chi connectivity index (χ1) is 8.75. The van der Waals surface area contributed by atoms with Gasteiger partial charge in [-0.1, -0.05) is 34.1 Å². The first kappa shape index (κ1) is 14.0. The molecule has 0 atom stereocenters. The third-order valence-electron chi connectivity index (χ3n) is 3.72. The Morgan fingerprint density at radius 2 is 2.00 bits per heavy atom. The number of nitrogens with zero attached hydrogens (tertiary/aromatic N) is 1. The molecule has 100 valence electrons. The molecule has 1 aromatic carbocycles. The molecule has 1 heterocycles. The van der Waals surface area contributed by atoms with Gasteiger partial charge in [-0.05, 0) is 56.9 Å². The minimum atomic E-state index is 0.716. The standard InChI is InChI=1S/C15H22BrNO/c1-17-9-6-13(7-10-17)8-11-18-12-14-4-2-3-5-15(14)16/h2-5,13H,6-12H2,1H3. The van der Waals surface area contributed by atoms with Crippen LogP contribution in [0.15, 0.2) is 28.7 Å². The summed E-state index contributed by atoms with van der Waals surface area (Å²) >= 11 is 3.55. The van der Waals surface area contributed by atoms with E-state index < -0.39 is 0 Å². The Morgan fingerprint density at radius 1 is 1.28 bits per heavy atom. The third-order valence-corrected chi connectivity index (χ3v) is 4.50.